The third kappa shape index (κ3) is 3.19. The predicted molar refractivity (Wildman–Crippen MR) is 97.2 cm³/mol. The first-order valence-electron chi connectivity index (χ1n) is 8.71. The highest BCUT2D eigenvalue weighted by molar-refractivity contribution is 5.29. The van der Waals surface area contributed by atoms with Crippen molar-refractivity contribution >= 4 is 0 Å². The van der Waals surface area contributed by atoms with Gasteiger partial charge in [-0.15, -0.1) is 0 Å². The maximum atomic E-state index is 2.63. The van der Waals surface area contributed by atoms with E-state index < -0.39 is 0 Å². The molecule has 1 saturated heterocycles. The van der Waals surface area contributed by atoms with E-state index in [1.807, 2.05) is 0 Å². The van der Waals surface area contributed by atoms with Crippen LogP contribution >= 0.6 is 0 Å². The van der Waals surface area contributed by atoms with Gasteiger partial charge >= 0.3 is 0 Å². The lowest BCUT2D eigenvalue weighted by molar-refractivity contribution is 0.161. The lowest BCUT2D eigenvalue weighted by atomic mass is 9.92. The molecule has 1 aliphatic heterocycles. The molecule has 2 aromatic carbocycles. The Morgan fingerprint density at radius 3 is 1.30 bits per heavy atom. The third-order valence-electron chi connectivity index (χ3n) is 4.95. The van der Waals surface area contributed by atoms with E-state index in [2.05, 4.69) is 98.2 Å². The molecule has 0 saturated carbocycles. The molecule has 122 valence electrons. The monoisotopic (exact) mass is 308 g/mol. The normalized spacial score (nSPS) is 23.0. The smallest absolute Gasteiger partial charge is 0.0560 e. The summed E-state index contributed by atoms with van der Waals surface area (Å²) in [5.74, 6) is 0. The summed E-state index contributed by atoms with van der Waals surface area (Å²) in [6, 6.07) is 23.8. The van der Waals surface area contributed by atoms with Gasteiger partial charge in [0.2, 0.25) is 0 Å². The molecule has 1 aliphatic rings. The summed E-state index contributed by atoms with van der Waals surface area (Å²) in [4.78, 5) is 5.26. The van der Waals surface area contributed by atoms with E-state index in [-0.39, 0.29) is 0 Å². The molecule has 2 heteroatoms. The number of nitrogens with zero attached hydrogens (tertiary/aromatic N) is 2. The van der Waals surface area contributed by atoms with E-state index in [0.717, 1.165) is 6.67 Å². The predicted octanol–water partition coefficient (Wildman–Crippen LogP) is 4.86. The minimum absolute atomic E-state index is 0.404. The molecule has 23 heavy (non-hydrogen) atoms. The van der Waals surface area contributed by atoms with Crippen LogP contribution < -0.4 is 0 Å². The van der Waals surface area contributed by atoms with Crippen LogP contribution in [0.3, 0.4) is 0 Å². The Morgan fingerprint density at radius 2 is 1.00 bits per heavy atom. The Hall–Kier alpha value is -1.64. The van der Waals surface area contributed by atoms with Crippen molar-refractivity contribution in [3.05, 3.63) is 71.8 Å². The largest absolute Gasteiger partial charge is 0.279 e. The van der Waals surface area contributed by atoms with Gasteiger partial charge in [0, 0.05) is 12.1 Å². The van der Waals surface area contributed by atoms with Crippen molar-refractivity contribution in [1.29, 1.82) is 0 Å². The van der Waals surface area contributed by atoms with E-state index in [0.29, 0.717) is 24.2 Å². The maximum absolute atomic E-state index is 2.63. The van der Waals surface area contributed by atoms with Gasteiger partial charge in [0.25, 0.3) is 0 Å². The zero-order chi connectivity index (χ0) is 16.4. The average Bonchev–Trinajstić information content (AvgIpc) is 2.97. The number of benzene rings is 2. The van der Waals surface area contributed by atoms with Gasteiger partial charge in [-0.25, -0.2) is 0 Å². The minimum atomic E-state index is 0.404. The van der Waals surface area contributed by atoms with Gasteiger partial charge in [-0.3, -0.25) is 9.80 Å². The van der Waals surface area contributed by atoms with Crippen LogP contribution in [-0.4, -0.2) is 28.6 Å². The zero-order valence-corrected chi connectivity index (χ0v) is 14.7. The van der Waals surface area contributed by atoms with Crippen molar-refractivity contribution < 1.29 is 0 Å². The Morgan fingerprint density at radius 1 is 0.652 bits per heavy atom. The van der Waals surface area contributed by atoms with Crippen LogP contribution in [0.15, 0.2) is 60.7 Å². The molecule has 0 bridgehead atoms. The van der Waals surface area contributed by atoms with Gasteiger partial charge in [0.05, 0.1) is 18.8 Å². The summed E-state index contributed by atoms with van der Waals surface area (Å²) in [5, 5.41) is 0. The topological polar surface area (TPSA) is 6.48 Å². The molecule has 2 aromatic rings. The summed E-state index contributed by atoms with van der Waals surface area (Å²) in [6.07, 6.45) is 0. The van der Waals surface area contributed by atoms with Crippen LogP contribution in [0.25, 0.3) is 0 Å². The van der Waals surface area contributed by atoms with Crippen molar-refractivity contribution in [2.45, 2.75) is 51.9 Å². The number of rotatable bonds is 4. The van der Waals surface area contributed by atoms with E-state index in [4.69, 9.17) is 0 Å². The van der Waals surface area contributed by atoms with Crippen LogP contribution in [-0.2, 0) is 0 Å². The molecule has 2 atom stereocenters. The quantitative estimate of drug-likeness (QED) is 0.796. The SMILES string of the molecule is CC(C)N1CN(C(C)C)[C@@H](c2ccccc2)[C@H]1c1ccccc1. The second-order valence-corrected chi connectivity index (χ2v) is 7.07. The molecule has 0 radical (unpaired) electrons. The number of hydrogen-bond donors (Lipinski definition) is 0. The van der Waals surface area contributed by atoms with Gasteiger partial charge in [-0.1, -0.05) is 60.7 Å². The second-order valence-electron chi connectivity index (χ2n) is 7.07. The Kier molecular flexibility index (Phi) is 4.84. The van der Waals surface area contributed by atoms with Crippen LogP contribution in [0, 0.1) is 0 Å². The van der Waals surface area contributed by atoms with Crippen LogP contribution in [0.4, 0.5) is 0 Å². The van der Waals surface area contributed by atoms with Gasteiger partial charge in [-0.05, 0) is 38.8 Å². The van der Waals surface area contributed by atoms with Crippen molar-refractivity contribution in [2.24, 2.45) is 0 Å². The van der Waals surface area contributed by atoms with Crippen molar-refractivity contribution in [2.75, 3.05) is 6.67 Å². The molecule has 2 nitrogen and oxygen atoms in total. The molecule has 0 aliphatic carbocycles. The summed E-state index contributed by atoms with van der Waals surface area (Å²) in [5.41, 5.74) is 2.83. The van der Waals surface area contributed by atoms with Crippen molar-refractivity contribution in [3.63, 3.8) is 0 Å². The molecule has 0 amide bonds. The first-order valence-corrected chi connectivity index (χ1v) is 8.71. The lowest BCUT2D eigenvalue weighted by Crippen LogP contribution is -2.34. The highest BCUT2D eigenvalue weighted by atomic mass is 15.4. The van der Waals surface area contributed by atoms with Gasteiger partial charge in [0.1, 0.15) is 0 Å². The first-order chi connectivity index (χ1) is 11.1. The summed E-state index contributed by atoms with van der Waals surface area (Å²) < 4.78 is 0. The summed E-state index contributed by atoms with van der Waals surface area (Å²) in [7, 11) is 0. The molecule has 0 N–H and O–H groups in total. The molecular formula is C21H28N2. The van der Waals surface area contributed by atoms with Gasteiger partial charge in [0.15, 0.2) is 0 Å². The lowest BCUT2D eigenvalue weighted by Gasteiger charge is -2.32. The number of hydrogen-bond acceptors (Lipinski definition) is 2. The Balaban J connectivity index is 2.08. The van der Waals surface area contributed by atoms with E-state index in [1.54, 1.807) is 0 Å². The van der Waals surface area contributed by atoms with Crippen molar-refractivity contribution in [3.8, 4) is 0 Å². The van der Waals surface area contributed by atoms with Crippen LogP contribution in [0.2, 0.25) is 0 Å². The Labute approximate surface area is 140 Å². The minimum Gasteiger partial charge on any atom is -0.279 e. The van der Waals surface area contributed by atoms with Gasteiger partial charge in [-0.2, -0.15) is 0 Å². The second kappa shape index (κ2) is 6.86. The summed E-state index contributed by atoms with van der Waals surface area (Å²) in [6.45, 7) is 10.3. The molecule has 1 fully saturated rings. The average molecular weight is 308 g/mol. The third-order valence-corrected chi connectivity index (χ3v) is 4.95. The van der Waals surface area contributed by atoms with E-state index in [9.17, 15) is 0 Å². The molecule has 3 rings (SSSR count). The molecular weight excluding hydrogens is 280 g/mol. The maximum Gasteiger partial charge on any atom is 0.0560 e. The molecule has 0 unspecified atom stereocenters. The molecule has 0 spiro atoms. The fourth-order valence-electron chi connectivity index (χ4n) is 3.74. The van der Waals surface area contributed by atoms with E-state index >= 15 is 0 Å². The molecule has 0 aromatic heterocycles. The summed E-state index contributed by atoms with van der Waals surface area (Å²) >= 11 is 0. The fraction of sp³-hybridized carbons (Fsp3) is 0.429. The van der Waals surface area contributed by atoms with Crippen molar-refractivity contribution in [1.82, 2.24) is 9.80 Å². The van der Waals surface area contributed by atoms with Gasteiger partial charge < -0.3 is 0 Å². The highest BCUT2D eigenvalue weighted by Gasteiger charge is 2.43. The van der Waals surface area contributed by atoms with E-state index in [1.165, 1.54) is 11.1 Å². The standard InChI is InChI=1S/C21H28N2/c1-16(2)22-15-23(17(3)4)21(19-13-9-6-10-14-19)20(22)18-11-7-5-8-12-18/h5-14,16-17,20-21H,15H2,1-4H3/t20-,21+. The highest BCUT2D eigenvalue weighted by Crippen LogP contribution is 2.45. The fourth-order valence-corrected chi connectivity index (χ4v) is 3.74. The van der Waals surface area contributed by atoms with Crippen LogP contribution in [0.5, 0.6) is 0 Å². The first kappa shape index (κ1) is 16.2. The Bertz CT molecular complexity index is 551. The van der Waals surface area contributed by atoms with Crippen LogP contribution in [0.1, 0.15) is 50.9 Å². The zero-order valence-electron chi connectivity index (χ0n) is 14.7. The molecule has 1 heterocycles.